The number of para-hydroxylation sites is 1. The maximum atomic E-state index is 3.79. The van der Waals surface area contributed by atoms with Gasteiger partial charge in [-0.3, -0.25) is 0 Å². The van der Waals surface area contributed by atoms with Crippen LogP contribution in [0.4, 0.5) is 0 Å². The Balaban J connectivity index is 0.00000121. The largest absolute Gasteiger partial charge is 0.147 e. The molecule has 0 unspecified atom stereocenters. The average molecular weight is 391 g/mol. The molecule has 3 rings (SSSR count). The van der Waals surface area contributed by atoms with E-state index in [1.807, 2.05) is 0 Å². The fraction of sp³-hybridized carbons (Fsp3) is 0.294. The van der Waals surface area contributed by atoms with Crippen LogP contribution in [0.5, 0.6) is 0 Å². The summed E-state index contributed by atoms with van der Waals surface area (Å²) in [6.07, 6.45) is 8.16. The van der Waals surface area contributed by atoms with E-state index in [1.165, 1.54) is 17.3 Å². The van der Waals surface area contributed by atoms with Gasteiger partial charge in [-0.1, -0.05) is 0 Å². The maximum Gasteiger partial charge on any atom is -0.147 e. The number of nitrogens with one attached hydrogen (secondary N) is 1. The van der Waals surface area contributed by atoms with Crippen LogP contribution in [-0.4, -0.2) is 11.6 Å². The van der Waals surface area contributed by atoms with Gasteiger partial charge in [-0.2, -0.15) is 0 Å². The molecule has 2 aromatic rings. The Hall–Kier alpha value is -0.249. The van der Waals surface area contributed by atoms with Crippen molar-refractivity contribution in [2.75, 3.05) is 0 Å². The van der Waals surface area contributed by atoms with Crippen molar-refractivity contribution in [3.8, 4) is 0 Å². The molecule has 22 heavy (non-hydrogen) atoms. The summed E-state index contributed by atoms with van der Waals surface area (Å²) in [5.74, 6) is 0. The molecule has 0 amide bonds. The third kappa shape index (κ3) is 2.81. The third-order valence-corrected chi connectivity index (χ3v) is 35.0. The normalized spacial score (nSPS) is 15.9. The van der Waals surface area contributed by atoms with E-state index in [1.54, 1.807) is 7.88 Å². The predicted octanol–water partition coefficient (Wildman–Crippen LogP) is 5.25. The van der Waals surface area contributed by atoms with Crippen LogP contribution in [0.3, 0.4) is 0 Å². The molecular weight excluding hydrogens is 365 g/mol. The zero-order chi connectivity index (χ0) is 14.4. The van der Waals surface area contributed by atoms with E-state index in [0.29, 0.717) is 0 Å². The summed E-state index contributed by atoms with van der Waals surface area (Å²) in [5.41, 5.74) is 1.29. The number of rotatable bonds is 3. The molecule has 0 radical (unpaired) electrons. The fourth-order valence-electron chi connectivity index (χ4n) is 3.36. The van der Waals surface area contributed by atoms with E-state index in [4.69, 9.17) is 0 Å². The summed E-state index contributed by atoms with van der Waals surface area (Å²) in [6.45, 7) is 4.29. The Morgan fingerprint density at radius 1 is 1.09 bits per heavy atom. The molecule has 0 saturated heterocycles. The first-order valence-corrected chi connectivity index (χ1v) is 17.8. The van der Waals surface area contributed by atoms with Crippen LogP contribution >= 0.6 is 24.8 Å². The number of aromatic nitrogens is 1. The van der Waals surface area contributed by atoms with Crippen molar-refractivity contribution in [1.29, 1.82) is 0 Å². The molecule has 1 aliphatic rings. The zero-order valence-electron chi connectivity index (χ0n) is 13.7. The minimum absolute atomic E-state index is 0. The van der Waals surface area contributed by atoms with E-state index in [0.717, 1.165) is 0 Å². The van der Waals surface area contributed by atoms with Crippen LogP contribution in [-0.2, 0) is 14.6 Å². The quantitative estimate of drug-likeness (QED) is 0.688. The van der Waals surface area contributed by atoms with Crippen LogP contribution < -0.4 is 4.00 Å². The molecule has 0 spiro atoms. The Kier molecular flexibility index (Phi) is 6.03. The fourth-order valence-corrected chi connectivity index (χ4v) is 17.0. The van der Waals surface area contributed by atoms with Gasteiger partial charge < -0.3 is 0 Å². The van der Waals surface area contributed by atoms with Gasteiger partial charge in [0.05, 0.1) is 0 Å². The zero-order valence-corrected chi connectivity index (χ0v) is 18.1. The molecule has 1 N–H and O–H groups in total. The number of hydrogen-bond donors (Lipinski definition) is 1. The van der Waals surface area contributed by atoms with Crippen LogP contribution in [0, 0.1) is 0 Å². The summed E-state index contributed by atoms with van der Waals surface area (Å²) >= 11 is -2.77. The molecule has 1 nitrogen and oxygen atoms in total. The van der Waals surface area contributed by atoms with Gasteiger partial charge >= 0.3 is 124 Å². The van der Waals surface area contributed by atoms with Gasteiger partial charge in [-0.05, 0) is 0 Å². The molecule has 1 aliphatic carbocycles. The molecule has 0 aliphatic heterocycles. The molecule has 1 aromatic carbocycles. The van der Waals surface area contributed by atoms with Crippen LogP contribution in [0.15, 0.2) is 52.4 Å². The van der Waals surface area contributed by atoms with Crippen LogP contribution in [0.25, 0.3) is 10.9 Å². The SMILES string of the molecule is C[SiH](C)[Ti]([CH3])([CH3])([C]1=CC=CC1)[c]1cc2ccccc2[nH]1.Cl.Cl. The number of H-pyrrole nitrogens is 1. The van der Waals surface area contributed by atoms with Crippen molar-refractivity contribution >= 4 is 46.4 Å². The molecule has 0 fully saturated rings. The predicted molar refractivity (Wildman–Crippen MR) is 105 cm³/mol. The number of halogens is 2. The Morgan fingerprint density at radius 2 is 1.77 bits per heavy atom. The van der Waals surface area contributed by atoms with Gasteiger partial charge in [0, 0.05) is 0 Å². The molecule has 121 valence electrons. The molecule has 0 bridgehead atoms. The molecule has 0 saturated carbocycles. The minimum Gasteiger partial charge on any atom is -0.147 e. The van der Waals surface area contributed by atoms with E-state index in [9.17, 15) is 0 Å². The van der Waals surface area contributed by atoms with E-state index >= 15 is 0 Å². The summed E-state index contributed by atoms with van der Waals surface area (Å²) in [6, 6.07) is 11.1. The summed E-state index contributed by atoms with van der Waals surface area (Å²) in [5, 5.41) is 6.64. The van der Waals surface area contributed by atoms with E-state index in [2.05, 4.69) is 77.1 Å². The molecular formula is C17H26Cl2NSiTi. The smallest absolute Gasteiger partial charge is 0.147 e. The second-order valence-corrected chi connectivity index (χ2v) is 31.7. The van der Waals surface area contributed by atoms with Crippen molar-refractivity contribution in [3.05, 3.63) is 52.4 Å². The molecule has 1 aromatic heterocycles. The van der Waals surface area contributed by atoms with Crippen LogP contribution in [0.1, 0.15) is 6.42 Å². The summed E-state index contributed by atoms with van der Waals surface area (Å²) in [7, 11) is 0. The Bertz CT molecular complexity index is 698. The number of aromatic amines is 1. The summed E-state index contributed by atoms with van der Waals surface area (Å²) < 4.78 is 3.31. The van der Waals surface area contributed by atoms with Crippen molar-refractivity contribution in [3.63, 3.8) is 0 Å². The maximum absolute atomic E-state index is 3.79. The molecule has 0 atom stereocenters. The standard InChI is InChI=1S/C8H6N.C5H5.C2H7Si.2CH3.2ClH.Ti/c1-2-4-8-7(3-1)5-6-9-8;1-2-4-5-3-1;1-3-2;;;;;/h1-5,9H;1-3H,4H2;3H,1-2H3;2*1H3;2*1H;. The first-order chi connectivity index (χ1) is 9.42. The topological polar surface area (TPSA) is 15.8 Å². The van der Waals surface area contributed by atoms with E-state index < -0.39 is 21.2 Å². The Morgan fingerprint density at radius 3 is 2.32 bits per heavy atom. The van der Waals surface area contributed by atoms with Crippen molar-refractivity contribution in [2.24, 2.45) is 0 Å². The first kappa shape index (κ1) is 19.8. The van der Waals surface area contributed by atoms with Gasteiger partial charge in [0.25, 0.3) is 0 Å². The van der Waals surface area contributed by atoms with Gasteiger partial charge in [0.15, 0.2) is 0 Å². The number of fused-ring (bicyclic) bond motifs is 1. The van der Waals surface area contributed by atoms with Gasteiger partial charge in [0.2, 0.25) is 0 Å². The number of allylic oxidation sites excluding steroid dienone is 4. The van der Waals surface area contributed by atoms with Crippen molar-refractivity contribution < 1.29 is 14.6 Å². The van der Waals surface area contributed by atoms with Gasteiger partial charge in [0.1, 0.15) is 0 Å². The summed E-state index contributed by atoms with van der Waals surface area (Å²) in [4.78, 5) is 3.79. The first-order valence-electron chi connectivity index (χ1n) is 7.57. The minimum atomic E-state index is -2.77. The van der Waals surface area contributed by atoms with Crippen molar-refractivity contribution in [2.45, 2.75) is 30.0 Å². The molecule has 1 heterocycles. The van der Waals surface area contributed by atoms with Gasteiger partial charge in [-0.15, -0.1) is 24.8 Å². The average Bonchev–Trinajstić information content (AvgIpc) is 3.08. The van der Waals surface area contributed by atoms with E-state index in [-0.39, 0.29) is 24.8 Å². The van der Waals surface area contributed by atoms with Gasteiger partial charge in [-0.25, -0.2) is 0 Å². The number of hydrogen-bond acceptors (Lipinski definition) is 0. The second-order valence-electron chi connectivity index (χ2n) is 7.24. The molecule has 5 heteroatoms. The van der Waals surface area contributed by atoms with Crippen molar-refractivity contribution in [1.82, 2.24) is 4.98 Å². The Labute approximate surface area is 147 Å². The number of benzene rings is 1. The third-order valence-electron chi connectivity index (χ3n) is 5.85. The van der Waals surface area contributed by atoms with Crippen LogP contribution in [0.2, 0.25) is 23.6 Å². The monoisotopic (exact) mass is 390 g/mol. The second kappa shape index (κ2) is 6.70.